The molecular formula is C13H14O2. The van der Waals surface area contributed by atoms with Gasteiger partial charge in [-0.3, -0.25) is 4.79 Å². The highest BCUT2D eigenvalue weighted by Gasteiger charge is 2.21. The number of hydrogen-bond acceptors (Lipinski definition) is 1. The Kier molecular flexibility index (Phi) is 2.58. The minimum Gasteiger partial charge on any atom is -0.481 e. The molecular weight excluding hydrogens is 188 g/mol. The Morgan fingerprint density at radius 3 is 2.87 bits per heavy atom. The van der Waals surface area contributed by atoms with E-state index in [-0.39, 0.29) is 0 Å². The van der Waals surface area contributed by atoms with Crippen LogP contribution in [0, 0.1) is 5.92 Å². The average molecular weight is 202 g/mol. The SMILES string of the molecule is CC(C(=O)O)C1=CCCc2ccccc21. The standard InChI is InChI=1S/C13H14O2/c1-9(13(14)15)11-8-4-6-10-5-2-3-7-12(10)11/h2-3,5,7-9H,4,6H2,1H3,(H,14,15). The molecule has 0 spiro atoms. The van der Waals surface area contributed by atoms with Crippen molar-refractivity contribution in [2.75, 3.05) is 0 Å². The monoisotopic (exact) mass is 202 g/mol. The van der Waals surface area contributed by atoms with Crippen LogP contribution >= 0.6 is 0 Å². The lowest BCUT2D eigenvalue weighted by Crippen LogP contribution is -2.14. The summed E-state index contributed by atoms with van der Waals surface area (Å²) in [6.45, 7) is 1.75. The van der Waals surface area contributed by atoms with E-state index in [4.69, 9.17) is 5.11 Å². The van der Waals surface area contributed by atoms with E-state index in [1.54, 1.807) is 6.92 Å². The highest BCUT2D eigenvalue weighted by atomic mass is 16.4. The van der Waals surface area contributed by atoms with Gasteiger partial charge in [-0.05, 0) is 36.5 Å². The van der Waals surface area contributed by atoms with E-state index in [0.717, 1.165) is 24.0 Å². The van der Waals surface area contributed by atoms with Gasteiger partial charge in [-0.15, -0.1) is 0 Å². The zero-order valence-corrected chi connectivity index (χ0v) is 8.73. The van der Waals surface area contributed by atoms with Crippen LogP contribution in [-0.2, 0) is 11.2 Å². The van der Waals surface area contributed by atoms with Crippen LogP contribution in [-0.4, -0.2) is 11.1 Å². The van der Waals surface area contributed by atoms with E-state index in [1.165, 1.54) is 5.56 Å². The highest BCUT2D eigenvalue weighted by Crippen LogP contribution is 2.31. The first kappa shape index (κ1) is 9.97. The number of carboxylic acid groups (broad SMARTS) is 1. The van der Waals surface area contributed by atoms with Crippen molar-refractivity contribution in [1.82, 2.24) is 0 Å². The summed E-state index contributed by atoms with van der Waals surface area (Å²) in [5.74, 6) is -1.16. The third-order valence-electron chi connectivity index (χ3n) is 2.94. The van der Waals surface area contributed by atoms with Crippen LogP contribution in [0.4, 0.5) is 0 Å². The van der Waals surface area contributed by atoms with Gasteiger partial charge < -0.3 is 5.11 Å². The number of rotatable bonds is 2. The van der Waals surface area contributed by atoms with Gasteiger partial charge in [0.2, 0.25) is 0 Å². The van der Waals surface area contributed by atoms with Crippen LogP contribution in [0.2, 0.25) is 0 Å². The van der Waals surface area contributed by atoms with Gasteiger partial charge in [0.25, 0.3) is 0 Å². The number of allylic oxidation sites excluding steroid dienone is 1. The molecule has 1 aliphatic rings. The number of benzene rings is 1. The Morgan fingerprint density at radius 2 is 2.13 bits per heavy atom. The molecule has 0 amide bonds. The van der Waals surface area contributed by atoms with Gasteiger partial charge in [-0.2, -0.15) is 0 Å². The van der Waals surface area contributed by atoms with Crippen LogP contribution in [0.25, 0.3) is 5.57 Å². The van der Waals surface area contributed by atoms with E-state index in [2.05, 4.69) is 12.1 Å². The van der Waals surface area contributed by atoms with E-state index in [1.807, 2.05) is 18.2 Å². The fourth-order valence-electron chi connectivity index (χ4n) is 2.06. The van der Waals surface area contributed by atoms with Crippen molar-refractivity contribution >= 4 is 11.5 Å². The number of aryl methyl sites for hydroxylation is 1. The first-order valence-corrected chi connectivity index (χ1v) is 5.21. The Labute approximate surface area is 89.2 Å². The third kappa shape index (κ3) is 1.80. The predicted molar refractivity (Wildman–Crippen MR) is 59.5 cm³/mol. The molecule has 0 bridgehead atoms. The maximum atomic E-state index is 11.0. The average Bonchev–Trinajstić information content (AvgIpc) is 2.27. The second-order valence-electron chi connectivity index (χ2n) is 3.92. The minimum absolute atomic E-state index is 0.411. The molecule has 2 heteroatoms. The van der Waals surface area contributed by atoms with Crippen LogP contribution in [0.3, 0.4) is 0 Å². The van der Waals surface area contributed by atoms with Crippen molar-refractivity contribution in [3.05, 3.63) is 41.5 Å². The molecule has 2 rings (SSSR count). The van der Waals surface area contributed by atoms with Crippen molar-refractivity contribution in [2.45, 2.75) is 19.8 Å². The first-order valence-electron chi connectivity index (χ1n) is 5.21. The van der Waals surface area contributed by atoms with E-state index < -0.39 is 11.9 Å². The molecule has 0 aromatic heterocycles. The highest BCUT2D eigenvalue weighted by molar-refractivity contribution is 5.88. The van der Waals surface area contributed by atoms with Gasteiger partial charge in [-0.25, -0.2) is 0 Å². The Balaban J connectivity index is 2.42. The lowest BCUT2D eigenvalue weighted by atomic mass is 9.84. The topological polar surface area (TPSA) is 37.3 Å². The second-order valence-corrected chi connectivity index (χ2v) is 3.92. The normalized spacial score (nSPS) is 16.5. The number of fused-ring (bicyclic) bond motifs is 1. The fraction of sp³-hybridized carbons (Fsp3) is 0.308. The molecule has 1 aliphatic carbocycles. The van der Waals surface area contributed by atoms with Crippen molar-refractivity contribution in [3.8, 4) is 0 Å². The smallest absolute Gasteiger partial charge is 0.310 e. The predicted octanol–water partition coefficient (Wildman–Crippen LogP) is 2.74. The molecule has 1 N–H and O–H groups in total. The molecule has 0 fully saturated rings. The molecule has 0 heterocycles. The van der Waals surface area contributed by atoms with Gasteiger partial charge in [-0.1, -0.05) is 30.3 Å². The maximum Gasteiger partial charge on any atom is 0.310 e. The molecule has 78 valence electrons. The maximum absolute atomic E-state index is 11.0. The summed E-state index contributed by atoms with van der Waals surface area (Å²) in [6.07, 6.45) is 4.02. The molecule has 0 saturated carbocycles. The van der Waals surface area contributed by atoms with Gasteiger partial charge in [0.1, 0.15) is 0 Å². The summed E-state index contributed by atoms with van der Waals surface area (Å²) in [4.78, 5) is 11.0. The Hall–Kier alpha value is -1.57. The summed E-state index contributed by atoms with van der Waals surface area (Å²) >= 11 is 0. The number of carboxylic acids is 1. The van der Waals surface area contributed by atoms with Crippen molar-refractivity contribution in [1.29, 1.82) is 0 Å². The molecule has 15 heavy (non-hydrogen) atoms. The van der Waals surface area contributed by atoms with Gasteiger partial charge >= 0.3 is 5.97 Å². The summed E-state index contributed by atoms with van der Waals surface area (Å²) in [5, 5.41) is 9.02. The van der Waals surface area contributed by atoms with Gasteiger partial charge in [0.05, 0.1) is 5.92 Å². The molecule has 0 saturated heterocycles. The largest absolute Gasteiger partial charge is 0.481 e. The van der Waals surface area contributed by atoms with Crippen molar-refractivity contribution in [2.24, 2.45) is 5.92 Å². The number of hydrogen-bond donors (Lipinski definition) is 1. The lowest BCUT2D eigenvalue weighted by molar-refractivity contribution is -0.139. The Bertz CT molecular complexity index is 418. The summed E-state index contributed by atoms with van der Waals surface area (Å²) in [6, 6.07) is 8.07. The zero-order valence-electron chi connectivity index (χ0n) is 8.73. The molecule has 1 aromatic rings. The molecule has 1 unspecified atom stereocenters. The van der Waals surface area contributed by atoms with E-state index >= 15 is 0 Å². The number of aliphatic carboxylic acids is 1. The van der Waals surface area contributed by atoms with Crippen LogP contribution < -0.4 is 0 Å². The molecule has 2 nitrogen and oxygen atoms in total. The zero-order chi connectivity index (χ0) is 10.8. The summed E-state index contributed by atoms with van der Waals surface area (Å²) < 4.78 is 0. The van der Waals surface area contributed by atoms with Crippen LogP contribution in [0.15, 0.2) is 30.3 Å². The quantitative estimate of drug-likeness (QED) is 0.800. The van der Waals surface area contributed by atoms with Gasteiger partial charge in [0, 0.05) is 0 Å². The lowest BCUT2D eigenvalue weighted by Gasteiger charge is -2.20. The van der Waals surface area contributed by atoms with E-state index in [9.17, 15) is 4.79 Å². The fourth-order valence-corrected chi connectivity index (χ4v) is 2.06. The minimum atomic E-state index is -0.752. The van der Waals surface area contributed by atoms with Crippen LogP contribution in [0.1, 0.15) is 24.5 Å². The van der Waals surface area contributed by atoms with Crippen molar-refractivity contribution in [3.63, 3.8) is 0 Å². The molecule has 1 atom stereocenters. The summed E-state index contributed by atoms with van der Waals surface area (Å²) in [5.41, 5.74) is 3.34. The third-order valence-corrected chi connectivity index (χ3v) is 2.94. The first-order chi connectivity index (χ1) is 7.20. The molecule has 0 radical (unpaired) electrons. The Morgan fingerprint density at radius 1 is 1.40 bits per heavy atom. The second kappa shape index (κ2) is 3.89. The van der Waals surface area contributed by atoms with E-state index in [0.29, 0.717) is 0 Å². The molecule has 1 aromatic carbocycles. The van der Waals surface area contributed by atoms with Crippen LogP contribution in [0.5, 0.6) is 0 Å². The van der Waals surface area contributed by atoms with Crippen molar-refractivity contribution < 1.29 is 9.90 Å². The van der Waals surface area contributed by atoms with Gasteiger partial charge in [0.15, 0.2) is 0 Å². The number of carbonyl (C=O) groups is 1. The molecule has 0 aliphatic heterocycles. The summed E-state index contributed by atoms with van der Waals surface area (Å²) in [7, 11) is 0.